The number of nitrogens with zero attached hydrogens (tertiary/aromatic N) is 5. The number of aromatic nitrogens is 2. The Morgan fingerprint density at radius 2 is 1.65 bits per heavy atom. The number of carbonyl (C=O) groups is 3. The Balaban J connectivity index is 0.892. The Hall–Kier alpha value is -5.97. The van der Waals surface area contributed by atoms with E-state index in [1.54, 1.807) is 42.5 Å². The molecule has 0 radical (unpaired) electrons. The zero-order chi connectivity index (χ0) is 40.1. The Morgan fingerprint density at radius 1 is 0.912 bits per heavy atom. The van der Waals surface area contributed by atoms with Crippen molar-refractivity contribution in [3.8, 4) is 5.75 Å². The summed E-state index contributed by atoms with van der Waals surface area (Å²) in [4.78, 5) is 51.0. The number of methoxy groups -OCH3 is 1. The van der Waals surface area contributed by atoms with Crippen molar-refractivity contribution in [1.82, 2.24) is 25.1 Å². The SMILES string of the molecule is COc1cc(N2CCN(C(=O)CN3CCC(c4ccc(NC5CCC(=O)NC5=O)c(F)c4)CC3)CC2)ccc1Nc1ncc(C(F)(F)F)c(Nc2ccccc2)n1. The van der Waals surface area contributed by atoms with Crippen molar-refractivity contribution in [3.05, 3.63) is 89.9 Å². The molecular formula is C40H43F4N9O4. The lowest BCUT2D eigenvalue weighted by Gasteiger charge is -2.38. The molecule has 7 rings (SSSR count). The summed E-state index contributed by atoms with van der Waals surface area (Å²) in [5.74, 6) is -1.02. The summed E-state index contributed by atoms with van der Waals surface area (Å²) in [6.45, 7) is 3.98. The second-order valence-corrected chi connectivity index (χ2v) is 14.3. The van der Waals surface area contributed by atoms with Crippen molar-refractivity contribution in [1.29, 1.82) is 0 Å². The molecule has 0 aliphatic carbocycles. The number of benzene rings is 3. The molecule has 3 aliphatic heterocycles. The number of halogens is 4. The lowest BCUT2D eigenvalue weighted by atomic mass is 9.89. The van der Waals surface area contributed by atoms with Crippen LogP contribution in [0.1, 0.15) is 42.7 Å². The van der Waals surface area contributed by atoms with Crippen LogP contribution in [0.2, 0.25) is 0 Å². The van der Waals surface area contributed by atoms with E-state index in [1.165, 1.54) is 13.2 Å². The number of anilines is 6. The quantitative estimate of drug-likeness (QED) is 0.107. The molecule has 4 N–H and O–H groups in total. The number of carbonyl (C=O) groups excluding carboxylic acids is 3. The van der Waals surface area contributed by atoms with Crippen LogP contribution in [0.15, 0.2) is 72.9 Å². The maximum atomic E-state index is 15.0. The zero-order valence-corrected chi connectivity index (χ0v) is 31.2. The number of likely N-dealkylation sites (tertiary alicyclic amines) is 1. The Labute approximate surface area is 326 Å². The number of imide groups is 1. The van der Waals surface area contributed by atoms with Gasteiger partial charge in [0.15, 0.2) is 0 Å². The first-order valence-electron chi connectivity index (χ1n) is 18.8. The van der Waals surface area contributed by atoms with Gasteiger partial charge in [-0.25, -0.2) is 9.37 Å². The third-order valence-electron chi connectivity index (χ3n) is 10.5. The summed E-state index contributed by atoms with van der Waals surface area (Å²) in [5, 5.41) is 10.9. The number of piperazine rings is 1. The number of hydrogen-bond acceptors (Lipinski definition) is 11. The predicted octanol–water partition coefficient (Wildman–Crippen LogP) is 5.88. The van der Waals surface area contributed by atoms with Crippen molar-refractivity contribution < 1.29 is 36.7 Å². The highest BCUT2D eigenvalue weighted by molar-refractivity contribution is 6.01. The molecule has 57 heavy (non-hydrogen) atoms. The minimum atomic E-state index is -4.67. The van der Waals surface area contributed by atoms with E-state index in [9.17, 15) is 27.6 Å². The van der Waals surface area contributed by atoms with E-state index in [2.05, 4.69) is 41.0 Å². The van der Waals surface area contributed by atoms with E-state index in [-0.39, 0.29) is 41.6 Å². The first-order chi connectivity index (χ1) is 27.4. The van der Waals surface area contributed by atoms with Gasteiger partial charge in [0.05, 0.1) is 25.0 Å². The minimum Gasteiger partial charge on any atom is -0.494 e. The van der Waals surface area contributed by atoms with Crippen LogP contribution in [0.3, 0.4) is 0 Å². The maximum absolute atomic E-state index is 15.0. The molecule has 3 aromatic carbocycles. The van der Waals surface area contributed by atoms with Gasteiger partial charge < -0.3 is 30.5 Å². The van der Waals surface area contributed by atoms with Gasteiger partial charge >= 0.3 is 6.18 Å². The van der Waals surface area contributed by atoms with Gasteiger partial charge in [-0.3, -0.25) is 24.6 Å². The molecule has 3 amide bonds. The molecule has 3 aliphatic rings. The van der Waals surface area contributed by atoms with Gasteiger partial charge in [-0.1, -0.05) is 24.3 Å². The number of amides is 3. The van der Waals surface area contributed by atoms with E-state index in [1.807, 2.05) is 23.1 Å². The predicted molar refractivity (Wildman–Crippen MR) is 206 cm³/mol. The molecule has 17 heteroatoms. The van der Waals surface area contributed by atoms with Crippen molar-refractivity contribution in [2.24, 2.45) is 0 Å². The van der Waals surface area contributed by atoms with Gasteiger partial charge in [0.2, 0.25) is 23.7 Å². The molecule has 4 heterocycles. The molecular weight excluding hydrogens is 746 g/mol. The van der Waals surface area contributed by atoms with Crippen molar-refractivity contribution in [3.63, 3.8) is 0 Å². The summed E-state index contributed by atoms with van der Waals surface area (Å²) in [6, 6.07) is 18.2. The summed E-state index contributed by atoms with van der Waals surface area (Å²) in [5.41, 5.74) is 1.88. The smallest absolute Gasteiger partial charge is 0.421 e. The molecule has 300 valence electrons. The van der Waals surface area contributed by atoms with Crippen molar-refractivity contribution in [2.45, 2.75) is 43.8 Å². The number of alkyl halides is 3. The standard InChI is InChI=1S/C40H43F4N9O4/c1-57-34-22-28(8-10-32(34)48-39-45-23-29(40(42,43)44)37(50-39)46-27-5-3-2-4-6-27)52-17-19-53(20-18-52)36(55)24-51-15-13-25(14-16-51)26-7-9-31(30(41)21-26)47-33-11-12-35(54)49-38(33)56/h2-10,21-23,25,33,47H,11-20,24H2,1H3,(H,49,54,56)(H2,45,46,48,50). The Kier molecular flexibility index (Phi) is 11.7. The van der Waals surface area contributed by atoms with Crippen LogP contribution in [0.25, 0.3) is 0 Å². The summed E-state index contributed by atoms with van der Waals surface area (Å²) in [7, 11) is 1.50. The number of rotatable bonds is 11. The molecule has 3 saturated heterocycles. The number of piperidine rings is 2. The summed E-state index contributed by atoms with van der Waals surface area (Å²) >= 11 is 0. The Bertz CT molecular complexity index is 2090. The van der Waals surface area contributed by atoms with Gasteiger partial charge in [0.1, 0.15) is 29.0 Å². The molecule has 0 spiro atoms. The molecule has 1 unspecified atom stereocenters. The van der Waals surface area contributed by atoms with Crippen LogP contribution >= 0.6 is 0 Å². The number of nitrogens with one attached hydrogen (secondary N) is 4. The molecule has 3 fully saturated rings. The number of hydrogen-bond donors (Lipinski definition) is 4. The van der Waals surface area contributed by atoms with Gasteiger partial charge in [-0.15, -0.1) is 0 Å². The molecule has 0 bridgehead atoms. The average Bonchev–Trinajstić information content (AvgIpc) is 3.20. The molecule has 13 nitrogen and oxygen atoms in total. The van der Waals surface area contributed by atoms with Gasteiger partial charge in [-0.2, -0.15) is 18.2 Å². The normalized spacial score (nSPS) is 18.2. The zero-order valence-electron chi connectivity index (χ0n) is 31.2. The first kappa shape index (κ1) is 39.3. The first-order valence-corrected chi connectivity index (χ1v) is 18.8. The highest BCUT2D eigenvalue weighted by Gasteiger charge is 2.36. The van der Waals surface area contributed by atoms with E-state index < -0.39 is 29.5 Å². The monoisotopic (exact) mass is 789 g/mol. The van der Waals surface area contributed by atoms with Crippen molar-refractivity contribution >= 4 is 52.2 Å². The number of para-hydroxylation sites is 1. The largest absolute Gasteiger partial charge is 0.494 e. The van der Waals surface area contributed by atoms with E-state index >= 15 is 4.39 Å². The highest BCUT2D eigenvalue weighted by Crippen LogP contribution is 2.37. The fourth-order valence-corrected chi connectivity index (χ4v) is 7.35. The molecule has 1 aromatic heterocycles. The molecule has 1 atom stereocenters. The summed E-state index contributed by atoms with van der Waals surface area (Å²) in [6.07, 6.45) is -1.85. The third-order valence-corrected chi connectivity index (χ3v) is 10.5. The lowest BCUT2D eigenvalue weighted by Crippen LogP contribution is -2.51. The lowest BCUT2D eigenvalue weighted by molar-refractivity contribution is -0.137. The fourth-order valence-electron chi connectivity index (χ4n) is 7.35. The third kappa shape index (κ3) is 9.53. The molecule has 4 aromatic rings. The van der Waals surface area contributed by atoms with Crippen LogP contribution in [0.5, 0.6) is 5.75 Å². The van der Waals surface area contributed by atoms with Crippen LogP contribution in [0, 0.1) is 5.82 Å². The summed E-state index contributed by atoms with van der Waals surface area (Å²) < 4.78 is 61.9. The van der Waals surface area contributed by atoms with Gasteiger partial charge in [-0.05, 0) is 80.2 Å². The fraction of sp³-hybridized carbons (Fsp3) is 0.375. The number of ether oxygens (including phenoxy) is 1. The minimum absolute atomic E-state index is 0.0482. The van der Waals surface area contributed by atoms with Crippen LogP contribution in [0.4, 0.5) is 52.1 Å². The highest BCUT2D eigenvalue weighted by atomic mass is 19.4. The van der Waals surface area contributed by atoms with E-state index in [0.717, 1.165) is 30.3 Å². The second-order valence-electron chi connectivity index (χ2n) is 14.3. The maximum Gasteiger partial charge on any atom is 0.421 e. The topological polar surface area (TPSA) is 144 Å². The van der Waals surface area contributed by atoms with Crippen molar-refractivity contribution in [2.75, 3.05) is 73.8 Å². The second kappa shape index (κ2) is 17.0. The average molecular weight is 790 g/mol. The Morgan fingerprint density at radius 3 is 2.33 bits per heavy atom. The molecule has 0 saturated carbocycles. The van der Waals surface area contributed by atoms with E-state index in [4.69, 9.17) is 4.74 Å². The van der Waals surface area contributed by atoms with Gasteiger partial charge in [0, 0.05) is 56.2 Å². The van der Waals surface area contributed by atoms with Crippen LogP contribution in [-0.4, -0.2) is 96.5 Å². The van der Waals surface area contributed by atoms with Crippen LogP contribution < -0.4 is 30.9 Å². The van der Waals surface area contributed by atoms with Crippen LogP contribution in [-0.2, 0) is 20.6 Å². The van der Waals surface area contributed by atoms with E-state index in [0.29, 0.717) is 69.4 Å². The van der Waals surface area contributed by atoms with Gasteiger partial charge in [0.25, 0.3) is 0 Å².